The van der Waals surface area contributed by atoms with E-state index in [1.807, 2.05) is 18.2 Å². The van der Waals surface area contributed by atoms with Gasteiger partial charge in [0.25, 0.3) is 5.91 Å². The highest BCUT2D eigenvalue weighted by atomic mass is 16.5. The summed E-state index contributed by atoms with van der Waals surface area (Å²) in [5.74, 6) is -0.489. The van der Waals surface area contributed by atoms with Gasteiger partial charge in [0.15, 0.2) is 12.4 Å². The molecule has 1 aliphatic carbocycles. The van der Waals surface area contributed by atoms with Gasteiger partial charge in [0, 0.05) is 11.1 Å². The first-order valence-corrected chi connectivity index (χ1v) is 9.68. The van der Waals surface area contributed by atoms with E-state index in [2.05, 4.69) is 11.4 Å². The first-order chi connectivity index (χ1) is 14.0. The molecule has 0 aromatic heterocycles. The maximum Gasteiger partial charge on any atom is 0.310 e. The number of methoxy groups -OCH3 is 1. The second-order valence-corrected chi connectivity index (χ2v) is 7.13. The maximum absolute atomic E-state index is 12.3. The molecule has 0 heterocycles. The Morgan fingerprint density at radius 3 is 2.69 bits per heavy atom. The third-order valence-corrected chi connectivity index (χ3v) is 5.09. The number of ether oxygens (including phenoxy) is 2. The van der Waals surface area contributed by atoms with E-state index >= 15 is 0 Å². The summed E-state index contributed by atoms with van der Waals surface area (Å²) in [5.41, 5.74) is 3.41. The van der Waals surface area contributed by atoms with Crippen molar-refractivity contribution in [3.8, 4) is 5.75 Å². The number of aryl methyl sites for hydroxylation is 1. The number of hydrogen-bond donors (Lipinski definition) is 1. The van der Waals surface area contributed by atoms with Crippen molar-refractivity contribution in [1.29, 1.82) is 0 Å². The Labute approximate surface area is 170 Å². The molecule has 2 aromatic rings. The number of Topliss-reactive ketones (excluding diaryl/α,β-unsaturated/α-hetero) is 1. The highest BCUT2D eigenvalue weighted by Crippen LogP contribution is 2.29. The van der Waals surface area contributed by atoms with Gasteiger partial charge in [-0.15, -0.1) is 0 Å². The topological polar surface area (TPSA) is 81.7 Å². The zero-order valence-corrected chi connectivity index (χ0v) is 16.7. The third-order valence-electron chi connectivity index (χ3n) is 5.09. The van der Waals surface area contributed by atoms with Crippen LogP contribution in [0.4, 0.5) is 0 Å². The lowest BCUT2D eigenvalue weighted by Gasteiger charge is -2.26. The minimum atomic E-state index is -0.553. The average molecular weight is 395 g/mol. The van der Waals surface area contributed by atoms with Gasteiger partial charge in [0.2, 0.25) is 0 Å². The number of fused-ring (bicyclic) bond motifs is 1. The molecule has 0 fully saturated rings. The van der Waals surface area contributed by atoms with Crippen molar-refractivity contribution in [2.75, 3.05) is 13.7 Å². The summed E-state index contributed by atoms with van der Waals surface area (Å²) in [5, 5.41) is 2.96. The van der Waals surface area contributed by atoms with E-state index in [4.69, 9.17) is 9.47 Å². The van der Waals surface area contributed by atoms with Crippen molar-refractivity contribution in [1.82, 2.24) is 5.32 Å². The van der Waals surface area contributed by atoms with Crippen molar-refractivity contribution in [3.05, 3.63) is 64.7 Å². The maximum atomic E-state index is 12.3. The Kier molecular flexibility index (Phi) is 6.65. The third kappa shape index (κ3) is 5.22. The highest BCUT2D eigenvalue weighted by Gasteiger charge is 2.22. The largest absolute Gasteiger partial charge is 0.496 e. The Balaban J connectivity index is 1.56. The summed E-state index contributed by atoms with van der Waals surface area (Å²) < 4.78 is 10.4. The van der Waals surface area contributed by atoms with Crippen LogP contribution in [0.25, 0.3) is 0 Å². The van der Waals surface area contributed by atoms with Crippen molar-refractivity contribution in [3.63, 3.8) is 0 Å². The molecule has 1 amide bonds. The van der Waals surface area contributed by atoms with Crippen LogP contribution in [0.15, 0.2) is 42.5 Å². The number of amides is 1. The lowest BCUT2D eigenvalue weighted by atomic mass is 9.88. The lowest BCUT2D eigenvalue weighted by molar-refractivity contribution is -0.148. The molecule has 3 rings (SSSR count). The standard InChI is InChI=1S/C23H25NO5/c1-15(25)17-10-11-21(28-2)18(12-17)13-23(27)29-14-22(26)24-20-9-5-7-16-6-3-4-8-19(16)20/h3-4,6,8,10-12,20H,5,7,9,13-14H2,1-2H3,(H,24,26)/t20-/m1/s1. The van der Waals surface area contributed by atoms with E-state index < -0.39 is 5.97 Å². The molecule has 152 valence electrons. The predicted molar refractivity (Wildman–Crippen MR) is 108 cm³/mol. The number of hydrogen-bond acceptors (Lipinski definition) is 5. The Bertz CT molecular complexity index is 921. The van der Waals surface area contributed by atoms with E-state index in [0.29, 0.717) is 16.9 Å². The first-order valence-electron chi connectivity index (χ1n) is 9.68. The number of carbonyl (C=O) groups excluding carboxylic acids is 3. The fraction of sp³-hybridized carbons (Fsp3) is 0.348. The normalized spacial score (nSPS) is 15.2. The molecule has 0 bridgehead atoms. The summed E-state index contributed by atoms with van der Waals surface area (Å²) in [4.78, 5) is 36.1. The number of nitrogens with one attached hydrogen (secondary N) is 1. The molecule has 0 radical (unpaired) electrons. The fourth-order valence-corrected chi connectivity index (χ4v) is 3.63. The lowest BCUT2D eigenvalue weighted by Crippen LogP contribution is -2.34. The van der Waals surface area contributed by atoms with Gasteiger partial charge in [-0.2, -0.15) is 0 Å². The number of benzene rings is 2. The van der Waals surface area contributed by atoms with Crippen LogP contribution in [0.5, 0.6) is 5.75 Å². The second-order valence-electron chi connectivity index (χ2n) is 7.13. The summed E-state index contributed by atoms with van der Waals surface area (Å²) in [6, 6.07) is 12.9. The van der Waals surface area contributed by atoms with Gasteiger partial charge >= 0.3 is 5.97 Å². The second kappa shape index (κ2) is 9.37. The van der Waals surface area contributed by atoms with Gasteiger partial charge in [-0.25, -0.2) is 0 Å². The summed E-state index contributed by atoms with van der Waals surface area (Å²) in [6.07, 6.45) is 2.81. The molecule has 6 nitrogen and oxygen atoms in total. The van der Waals surface area contributed by atoms with Crippen LogP contribution in [-0.2, 0) is 27.2 Å². The summed E-state index contributed by atoms with van der Waals surface area (Å²) in [7, 11) is 1.49. The number of esters is 1. The monoisotopic (exact) mass is 395 g/mol. The van der Waals surface area contributed by atoms with Crippen LogP contribution in [0.3, 0.4) is 0 Å². The predicted octanol–water partition coefficient (Wildman–Crippen LogP) is 3.18. The van der Waals surface area contributed by atoms with Gasteiger partial charge < -0.3 is 14.8 Å². The molecule has 6 heteroatoms. The Morgan fingerprint density at radius 2 is 1.93 bits per heavy atom. The van der Waals surface area contributed by atoms with E-state index in [0.717, 1.165) is 24.8 Å². The van der Waals surface area contributed by atoms with E-state index in [-0.39, 0.29) is 30.8 Å². The van der Waals surface area contributed by atoms with Crippen LogP contribution in [0, 0.1) is 0 Å². The van der Waals surface area contributed by atoms with Crippen molar-refractivity contribution in [2.45, 2.75) is 38.6 Å². The molecule has 1 atom stereocenters. The molecule has 0 saturated heterocycles. The molecule has 29 heavy (non-hydrogen) atoms. The van der Waals surface area contributed by atoms with Gasteiger partial charge in [-0.3, -0.25) is 14.4 Å². The Morgan fingerprint density at radius 1 is 1.14 bits per heavy atom. The van der Waals surface area contributed by atoms with Crippen molar-refractivity contribution in [2.24, 2.45) is 0 Å². The van der Waals surface area contributed by atoms with Gasteiger partial charge in [-0.1, -0.05) is 24.3 Å². The first kappa shape index (κ1) is 20.6. The van der Waals surface area contributed by atoms with Gasteiger partial charge in [0.05, 0.1) is 19.6 Å². The minimum Gasteiger partial charge on any atom is -0.496 e. The van der Waals surface area contributed by atoms with Gasteiger partial charge in [-0.05, 0) is 55.5 Å². The van der Waals surface area contributed by atoms with E-state index in [1.165, 1.54) is 19.6 Å². The van der Waals surface area contributed by atoms with Crippen LogP contribution in [-0.4, -0.2) is 31.4 Å². The molecular formula is C23H25NO5. The summed E-state index contributed by atoms with van der Waals surface area (Å²) in [6.45, 7) is 1.11. The quantitative estimate of drug-likeness (QED) is 0.575. The molecule has 1 aliphatic rings. The van der Waals surface area contributed by atoms with E-state index in [9.17, 15) is 14.4 Å². The number of ketones is 1. The SMILES string of the molecule is COc1ccc(C(C)=O)cc1CC(=O)OCC(=O)N[C@@H]1CCCc2ccccc21. The zero-order valence-electron chi connectivity index (χ0n) is 16.7. The molecule has 2 aromatic carbocycles. The fourth-order valence-electron chi connectivity index (χ4n) is 3.63. The van der Waals surface area contributed by atoms with E-state index in [1.54, 1.807) is 18.2 Å². The van der Waals surface area contributed by atoms with Crippen LogP contribution < -0.4 is 10.1 Å². The van der Waals surface area contributed by atoms with Crippen LogP contribution >= 0.6 is 0 Å². The summed E-state index contributed by atoms with van der Waals surface area (Å²) >= 11 is 0. The number of carbonyl (C=O) groups is 3. The Hall–Kier alpha value is -3.15. The molecule has 0 aliphatic heterocycles. The number of rotatable bonds is 7. The van der Waals surface area contributed by atoms with Crippen LogP contribution in [0.2, 0.25) is 0 Å². The molecule has 1 N–H and O–H groups in total. The average Bonchev–Trinajstić information content (AvgIpc) is 2.72. The molecule has 0 unspecified atom stereocenters. The highest BCUT2D eigenvalue weighted by molar-refractivity contribution is 5.94. The van der Waals surface area contributed by atoms with Crippen molar-refractivity contribution < 1.29 is 23.9 Å². The smallest absolute Gasteiger partial charge is 0.310 e. The molecular weight excluding hydrogens is 370 g/mol. The molecule has 0 spiro atoms. The minimum absolute atomic E-state index is 0.0569. The zero-order chi connectivity index (χ0) is 20.8. The molecule has 0 saturated carbocycles. The van der Waals surface area contributed by atoms with Crippen molar-refractivity contribution >= 4 is 17.7 Å². The van der Waals surface area contributed by atoms with Crippen LogP contribution in [0.1, 0.15) is 52.9 Å². The van der Waals surface area contributed by atoms with Gasteiger partial charge in [0.1, 0.15) is 5.75 Å².